The van der Waals surface area contributed by atoms with Gasteiger partial charge >= 0.3 is 0 Å². The van der Waals surface area contributed by atoms with E-state index in [9.17, 15) is 22.0 Å². The van der Waals surface area contributed by atoms with Gasteiger partial charge in [0.25, 0.3) is 0 Å². The number of rotatable bonds is 5. The predicted octanol–water partition coefficient (Wildman–Crippen LogP) is 2.39. The molecule has 28 heavy (non-hydrogen) atoms. The van der Waals surface area contributed by atoms with Crippen LogP contribution in [0.15, 0.2) is 48.5 Å². The lowest BCUT2D eigenvalue weighted by Crippen LogP contribution is -2.47. The molecule has 0 radical (unpaired) electrons. The molecule has 5 nitrogen and oxygen atoms in total. The third-order valence-electron chi connectivity index (χ3n) is 4.87. The number of carbonyl (C=O) groups excluding carboxylic acids is 1. The van der Waals surface area contributed by atoms with Gasteiger partial charge in [-0.05, 0) is 23.3 Å². The molecule has 0 saturated carbocycles. The van der Waals surface area contributed by atoms with Gasteiger partial charge in [-0.25, -0.2) is 17.2 Å². The van der Waals surface area contributed by atoms with Gasteiger partial charge in [0.05, 0.1) is 11.5 Å². The molecule has 1 fully saturated rings. The Morgan fingerprint density at radius 1 is 1.07 bits per heavy atom. The molecule has 1 aliphatic heterocycles. The van der Waals surface area contributed by atoms with E-state index in [-0.39, 0.29) is 37.0 Å². The summed E-state index contributed by atoms with van der Waals surface area (Å²) >= 11 is 0. The molecule has 2 aromatic rings. The number of amides is 1. The van der Waals surface area contributed by atoms with Gasteiger partial charge in [-0.2, -0.15) is 0 Å². The van der Waals surface area contributed by atoms with E-state index in [2.05, 4.69) is 0 Å². The van der Waals surface area contributed by atoms with E-state index in [0.717, 1.165) is 17.7 Å². The third kappa shape index (κ3) is 4.74. The Hall–Kier alpha value is -2.32. The minimum atomic E-state index is -3.08. The van der Waals surface area contributed by atoms with E-state index in [1.807, 2.05) is 35.2 Å². The highest BCUT2D eigenvalue weighted by Gasteiger charge is 2.34. The van der Waals surface area contributed by atoms with Crippen molar-refractivity contribution < 1.29 is 22.0 Å². The standard InChI is InChI=1S/C20H22F2N2O3S/c1-23(14-15-7-8-17(21)18(22)13-15)20(25)19(16-5-3-2-4-6-16)24-9-11-28(26,27)12-10-24/h2-8,13,19H,9-12,14H2,1H3. The maximum atomic E-state index is 13.5. The van der Waals surface area contributed by atoms with Crippen LogP contribution in [0, 0.1) is 11.6 Å². The molecule has 1 atom stereocenters. The predicted molar refractivity (Wildman–Crippen MR) is 102 cm³/mol. The van der Waals surface area contributed by atoms with E-state index >= 15 is 0 Å². The SMILES string of the molecule is CN(Cc1ccc(F)c(F)c1)C(=O)C(c1ccccc1)N1CCS(=O)(=O)CC1. The highest BCUT2D eigenvalue weighted by molar-refractivity contribution is 7.91. The molecule has 1 heterocycles. The molecule has 1 unspecified atom stereocenters. The van der Waals surface area contributed by atoms with Gasteiger partial charge in [0.2, 0.25) is 5.91 Å². The van der Waals surface area contributed by atoms with Crippen molar-refractivity contribution in [2.45, 2.75) is 12.6 Å². The van der Waals surface area contributed by atoms with Crippen molar-refractivity contribution in [1.82, 2.24) is 9.80 Å². The van der Waals surface area contributed by atoms with Crippen LogP contribution >= 0.6 is 0 Å². The van der Waals surface area contributed by atoms with Crippen LogP contribution in [-0.4, -0.2) is 55.8 Å². The Labute approximate surface area is 163 Å². The van der Waals surface area contributed by atoms with Gasteiger partial charge in [0, 0.05) is 26.7 Å². The molecule has 0 spiro atoms. The molecule has 150 valence electrons. The molecule has 0 N–H and O–H groups in total. The fraction of sp³-hybridized carbons (Fsp3) is 0.350. The first-order valence-corrected chi connectivity index (χ1v) is 10.8. The minimum absolute atomic E-state index is 0.0104. The summed E-state index contributed by atoms with van der Waals surface area (Å²) in [6.07, 6.45) is 0. The Bertz CT molecular complexity index is 937. The molecule has 0 bridgehead atoms. The zero-order valence-electron chi connectivity index (χ0n) is 15.5. The van der Waals surface area contributed by atoms with Crippen LogP contribution in [0.4, 0.5) is 8.78 Å². The quantitative estimate of drug-likeness (QED) is 0.762. The summed E-state index contributed by atoms with van der Waals surface area (Å²) in [7, 11) is -1.48. The molecule has 1 saturated heterocycles. The summed E-state index contributed by atoms with van der Waals surface area (Å²) in [6.45, 7) is 0.658. The zero-order valence-corrected chi connectivity index (χ0v) is 16.3. The first-order valence-electron chi connectivity index (χ1n) is 8.95. The topological polar surface area (TPSA) is 57.7 Å². The van der Waals surface area contributed by atoms with E-state index in [1.54, 1.807) is 7.05 Å². The molecular weight excluding hydrogens is 386 g/mol. The van der Waals surface area contributed by atoms with Crippen LogP contribution in [0.25, 0.3) is 0 Å². The van der Waals surface area contributed by atoms with Crippen molar-refractivity contribution in [2.75, 3.05) is 31.6 Å². The molecule has 2 aromatic carbocycles. The summed E-state index contributed by atoms with van der Waals surface area (Å²) in [5.74, 6) is -2.10. The number of halogens is 2. The second kappa shape index (κ2) is 8.36. The Morgan fingerprint density at radius 3 is 2.32 bits per heavy atom. The first kappa shape index (κ1) is 20.4. The van der Waals surface area contributed by atoms with Gasteiger partial charge in [-0.3, -0.25) is 9.69 Å². The van der Waals surface area contributed by atoms with Crippen molar-refractivity contribution in [2.24, 2.45) is 0 Å². The second-order valence-corrected chi connectivity index (χ2v) is 9.25. The van der Waals surface area contributed by atoms with E-state index in [4.69, 9.17) is 0 Å². The van der Waals surface area contributed by atoms with Gasteiger partial charge < -0.3 is 4.90 Å². The number of hydrogen-bond donors (Lipinski definition) is 0. The first-order chi connectivity index (χ1) is 13.3. The van der Waals surface area contributed by atoms with Gasteiger partial charge in [0.15, 0.2) is 21.5 Å². The number of likely N-dealkylation sites (N-methyl/N-ethyl adjacent to an activating group) is 1. The lowest BCUT2D eigenvalue weighted by Gasteiger charge is -2.35. The Balaban J connectivity index is 1.82. The fourth-order valence-electron chi connectivity index (χ4n) is 3.33. The Morgan fingerprint density at radius 2 is 1.71 bits per heavy atom. The van der Waals surface area contributed by atoms with E-state index in [0.29, 0.717) is 5.56 Å². The number of sulfone groups is 1. The molecule has 3 rings (SSSR count). The maximum absolute atomic E-state index is 13.5. The number of benzene rings is 2. The molecule has 1 aliphatic rings. The van der Waals surface area contributed by atoms with Crippen molar-refractivity contribution in [3.63, 3.8) is 0 Å². The molecule has 0 aromatic heterocycles. The van der Waals surface area contributed by atoms with Crippen LogP contribution in [-0.2, 0) is 21.2 Å². The van der Waals surface area contributed by atoms with Crippen molar-refractivity contribution >= 4 is 15.7 Å². The average Bonchev–Trinajstić information content (AvgIpc) is 2.67. The minimum Gasteiger partial charge on any atom is -0.340 e. The molecule has 1 amide bonds. The Kier molecular flexibility index (Phi) is 6.10. The van der Waals surface area contributed by atoms with Crippen LogP contribution < -0.4 is 0 Å². The molecule has 0 aliphatic carbocycles. The summed E-state index contributed by atoms with van der Waals surface area (Å²) in [5.41, 5.74) is 1.24. The van der Waals surface area contributed by atoms with Crippen molar-refractivity contribution in [3.05, 3.63) is 71.3 Å². The fourth-order valence-corrected chi connectivity index (χ4v) is 4.56. The summed E-state index contributed by atoms with van der Waals surface area (Å²) in [5, 5.41) is 0. The maximum Gasteiger partial charge on any atom is 0.244 e. The monoisotopic (exact) mass is 408 g/mol. The largest absolute Gasteiger partial charge is 0.340 e. The van der Waals surface area contributed by atoms with Gasteiger partial charge in [-0.1, -0.05) is 36.4 Å². The van der Waals surface area contributed by atoms with E-state index < -0.39 is 27.5 Å². The molecule has 8 heteroatoms. The number of carbonyl (C=O) groups is 1. The number of hydrogen-bond acceptors (Lipinski definition) is 4. The molecular formula is C20H22F2N2O3S. The highest BCUT2D eigenvalue weighted by Crippen LogP contribution is 2.25. The van der Waals surface area contributed by atoms with Crippen LogP contribution in [0.2, 0.25) is 0 Å². The lowest BCUT2D eigenvalue weighted by atomic mass is 10.0. The summed E-state index contributed by atoms with van der Waals surface area (Å²) in [4.78, 5) is 16.5. The summed E-state index contributed by atoms with van der Waals surface area (Å²) in [6, 6.07) is 12.1. The summed E-state index contributed by atoms with van der Waals surface area (Å²) < 4.78 is 50.2. The van der Waals surface area contributed by atoms with Crippen LogP contribution in [0.3, 0.4) is 0 Å². The van der Waals surface area contributed by atoms with Gasteiger partial charge in [0.1, 0.15) is 6.04 Å². The van der Waals surface area contributed by atoms with Crippen molar-refractivity contribution in [3.8, 4) is 0 Å². The smallest absolute Gasteiger partial charge is 0.244 e. The average molecular weight is 408 g/mol. The van der Waals surface area contributed by atoms with E-state index in [1.165, 1.54) is 11.0 Å². The zero-order chi connectivity index (χ0) is 20.3. The van der Waals surface area contributed by atoms with Crippen LogP contribution in [0.5, 0.6) is 0 Å². The van der Waals surface area contributed by atoms with Gasteiger partial charge in [-0.15, -0.1) is 0 Å². The third-order valence-corrected chi connectivity index (χ3v) is 6.48. The number of nitrogens with zero attached hydrogens (tertiary/aromatic N) is 2. The lowest BCUT2D eigenvalue weighted by molar-refractivity contribution is -0.136. The van der Waals surface area contributed by atoms with Crippen molar-refractivity contribution in [1.29, 1.82) is 0 Å². The highest BCUT2D eigenvalue weighted by atomic mass is 32.2. The normalized spacial score (nSPS) is 17.8. The second-order valence-electron chi connectivity index (χ2n) is 6.94. The van der Waals surface area contributed by atoms with Crippen LogP contribution in [0.1, 0.15) is 17.2 Å².